The Morgan fingerprint density at radius 2 is 1.90 bits per heavy atom. The lowest BCUT2D eigenvalue weighted by atomic mass is 9.39. The van der Waals surface area contributed by atoms with E-state index in [0.717, 1.165) is 38.0 Å². The lowest BCUT2D eigenvalue weighted by molar-refractivity contribution is -0.352. The van der Waals surface area contributed by atoms with Gasteiger partial charge in [0.1, 0.15) is 0 Å². The maximum Gasteiger partial charge on any atom is 0.522 e. The number of aromatic nitrogens is 2. The number of carbonyl (C=O) groups excluding carboxylic acids is 1. The van der Waals surface area contributed by atoms with Gasteiger partial charge in [-0.1, -0.05) is 6.92 Å². The van der Waals surface area contributed by atoms with Gasteiger partial charge in [-0.05, 0) is 56.8 Å². The summed E-state index contributed by atoms with van der Waals surface area (Å²) < 4.78 is 51.7. The van der Waals surface area contributed by atoms with Gasteiger partial charge in [0, 0.05) is 11.5 Å². The zero-order valence-corrected chi connectivity index (χ0v) is 16.1. The molecule has 0 radical (unpaired) electrons. The van der Waals surface area contributed by atoms with E-state index in [-0.39, 0.29) is 35.8 Å². The predicted octanol–water partition coefficient (Wildman–Crippen LogP) is 3.80. The minimum atomic E-state index is -4.61. The normalized spacial score (nSPS) is 40.1. The first-order chi connectivity index (χ1) is 13.6. The fourth-order valence-electron chi connectivity index (χ4n) is 5.46. The third-order valence-electron chi connectivity index (χ3n) is 6.96. The van der Waals surface area contributed by atoms with E-state index < -0.39 is 12.5 Å². The van der Waals surface area contributed by atoms with E-state index >= 15 is 0 Å². The first-order valence-electron chi connectivity index (χ1n) is 10.2. The van der Waals surface area contributed by atoms with E-state index in [1.54, 1.807) is 0 Å². The molecular formula is C19H24F3N3O4. The fraction of sp³-hybridized carbons (Fsp3) is 0.842. The van der Waals surface area contributed by atoms with Gasteiger partial charge in [-0.3, -0.25) is 4.74 Å². The van der Waals surface area contributed by atoms with Gasteiger partial charge in [-0.25, -0.2) is 4.79 Å². The predicted molar refractivity (Wildman–Crippen MR) is 91.8 cm³/mol. The van der Waals surface area contributed by atoms with Crippen LogP contribution < -0.4 is 5.32 Å². The van der Waals surface area contributed by atoms with Crippen molar-refractivity contribution in [2.45, 2.75) is 81.2 Å². The van der Waals surface area contributed by atoms with Crippen LogP contribution in [-0.2, 0) is 14.9 Å². The third-order valence-corrected chi connectivity index (χ3v) is 6.96. The van der Waals surface area contributed by atoms with Crippen molar-refractivity contribution in [1.82, 2.24) is 15.5 Å². The average molecular weight is 415 g/mol. The van der Waals surface area contributed by atoms with Crippen LogP contribution in [0.4, 0.5) is 18.0 Å². The minimum absolute atomic E-state index is 0.188. The zero-order valence-electron chi connectivity index (χ0n) is 16.1. The Hall–Kier alpha value is -1.84. The number of alkyl carbamates (subject to hydrolysis) is 1. The summed E-state index contributed by atoms with van der Waals surface area (Å²) in [6.07, 6.45) is -0.959. The number of rotatable bonds is 6. The zero-order chi connectivity index (χ0) is 20.4. The Balaban J connectivity index is 1.07. The van der Waals surface area contributed by atoms with Crippen molar-refractivity contribution >= 4 is 6.09 Å². The molecule has 5 aliphatic carbocycles. The van der Waals surface area contributed by atoms with E-state index in [1.807, 2.05) is 0 Å². The molecule has 2 bridgehead atoms. The molecule has 1 N–H and O–H groups in total. The van der Waals surface area contributed by atoms with Crippen molar-refractivity contribution in [1.29, 1.82) is 0 Å². The highest BCUT2D eigenvalue weighted by atomic mass is 19.4. The van der Waals surface area contributed by atoms with Crippen molar-refractivity contribution in [2.24, 2.45) is 11.8 Å². The molecule has 1 aromatic heterocycles. The van der Waals surface area contributed by atoms with E-state index in [4.69, 9.17) is 9.15 Å². The number of nitrogens with zero attached hydrogens (tertiary/aromatic N) is 2. The van der Waals surface area contributed by atoms with Crippen LogP contribution in [0.5, 0.6) is 0 Å². The molecule has 1 heterocycles. The lowest BCUT2D eigenvalue weighted by Crippen LogP contribution is -2.76. The number of nitrogens with one attached hydrogen (secondary N) is 1. The number of amides is 1. The third kappa shape index (κ3) is 3.49. The molecule has 5 fully saturated rings. The van der Waals surface area contributed by atoms with E-state index in [2.05, 4.69) is 27.2 Å². The van der Waals surface area contributed by atoms with Crippen LogP contribution in [0.1, 0.15) is 69.6 Å². The minimum Gasteiger partial charge on any atom is -0.449 e. The molecular weight excluding hydrogens is 391 g/mol. The standard InChI is InChI=1S/C19H24F3N3O4/c1-10-2-11(3-10)6-27-16(26)23-18-7-17(8-18,9-18)15-25-24-14(28-15)12-4-13(5-12)29-19(20,21)22/h10-13H,2-9H2,1H3,(H,23,26). The highest BCUT2D eigenvalue weighted by Gasteiger charge is 2.72. The highest BCUT2D eigenvalue weighted by molar-refractivity contribution is 5.69. The first-order valence-corrected chi connectivity index (χ1v) is 10.2. The van der Waals surface area contributed by atoms with E-state index in [0.29, 0.717) is 24.3 Å². The Kier molecular flexibility index (Phi) is 4.18. The molecule has 6 rings (SSSR count). The number of carbonyl (C=O) groups is 1. The van der Waals surface area contributed by atoms with Crippen molar-refractivity contribution in [3.05, 3.63) is 11.8 Å². The molecule has 0 saturated heterocycles. The van der Waals surface area contributed by atoms with Gasteiger partial charge in [-0.15, -0.1) is 23.4 Å². The first kappa shape index (κ1) is 19.1. The number of hydrogen-bond acceptors (Lipinski definition) is 6. The monoisotopic (exact) mass is 415 g/mol. The van der Waals surface area contributed by atoms with Gasteiger partial charge in [0.2, 0.25) is 11.8 Å². The van der Waals surface area contributed by atoms with E-state index in [9.17, 15) is 18.0 Å². The number of hydrogen-bond donors (Lipinski definition) is 1. The maximum absolute atomic E-state index is 12.2. The lowest BCUT2D eigenvalue weighted by Gasteiger charge is -2.68. The summed E-state index contributed by atoms with van der Waals surface area (Å²) in [5.74, 6) is 1.93. The second-order valence-electron chi connectivity index (χ2n) is 9.56. The second-order valence-corrected chi connectivity index (χ2v) is 9.56. The van der Waals surface area contributed by atoms with Crippen LogP contribution in [-0.4, -0.2) is 40.9 Å². The summed E-state index contributed by atoms with van der Waals surface area (Å²) in [7, 11) is 0. The Bertz CT molecular complexity index is 779. The maximum atomic E-state index is 12.2. The summed E-state index contributed by atoms with van der Waals surface area (Å²) in [5, 5.41) is 11.1. The average Bonchev–Trinajstić information content (AvgIpc) is 2.96. The summed E-state index contributed by atoms with van der Waals surface area (Å²) in [5.41, 5.74) is -0.464. The van der Waals surface area contributed by atoms with Crippen molar-refractivity contribution in [3.63, 3.8) is 0 Å². The summed E-state index contributed by atoms with van der Waals surface area (Å²) in [6.45, 7) is 2.67. The molecule has 0 aromatic carbocycles. The molecule has 5 aliphatic rings. The highest BCUT2D eigenvalue weighted by Crippen LogP contribution is 2.67. The summed E-state index contributed by atoms with van der Waals surface area (Å²) >= 11 is 0. The number of halogens is 3. The van der Waals surface area contributed by atoms with Crippen LogP contribution in [0.3, 0.4) is 0 Å². The molecule has 10 heteroatoms. The molecule has 7 nitrogen and oxygen atoms in total. The van der Waals surface area contributed by atoms with Gasteiger partial charge < -0.3 is 14.5 Å². The van der Waals surface area contributed by atoms with Gasteiger partial charge in [0.25, 0.3) is 0 Å². The second kappa shape index (κ2) is 6.33. The Morgan fingerprint density at radius 3 is 2.52 bits per heavy atom. The molecule has 0 unspecified atom stereocenters. The van der Waals surface area contributed by atoms with Crippen LogP contribution in [0, 0.1) is 11.8 Å². The van der Waals surface area contributed by atoms with Crippen molar-refractivity contribution in [3.8, 4) is 0 Å². The van der Waals surface area contributed by atoms with E-state index in [1.165, 1.54) is 0 Å². The Morgan fingerprint density at radius 1 is 1.21 bits per heavy atom. The fourth-order valence-corrected chi connectivity index (χ4v) is 5.46. The molecule has 5 saturated carbocycles. The van der Waals surface area contributed by atoms with Crippen LogP contribution in [0.15, 0.2) is 4.42 Å². The number of alkyl halides is 3. The van der Waals surface area contributed by atoms with Gasteiger partial charge in [0.15, 0.2) is 0 Å². The quantitative estimate of drug-likeness (QED) is 0.761. The van der Waals surface area contributed by atoms with Gasteiger partial charge in [0.05, 0.1) is 18.1 Å². The van der Waals surface area contributed by atoms with Crippen molar-refractivity contribution in [2.75, 3.05) is 6.61 Å². The molecule has 160 valence electrons. The molecule has 0 aliphatic heterocycles. The van der Waals surface area contributed by atoms with Crippen LogP contribution in [0.25, 0.3) is 0 Å². The number of ether oxygens (including phenoxy) is 2. The van der Waals surface area contributed by atoms with Crippen molar-refractivity contribution < 1.29 is 31.9 Å². The SMILES string of the molecule is CC1CC(COC(=O)NC23CC(c4nnc(C5CC(OC(F)(F)F)C5)o4)(C2)C3)C1. The molecule has 0 spiro atoms. The Labute approximate surface area is 165 Å². The van der Waals surface area contributed by atoms with Gasteiger partial charge in [-0.2, -0.15) is 0 Å². The van der Waals surface area contributed by atoms with Crippen LogP contribution >= 0.6 is 0 Å². The van der Waals surface area contributed by atoms with Gasteiger partial charge >= 0.3 is 12.5 Å². The topological polar surface area (TPSA) is 86.5 Å². The molecule has 0 atom stereocenters. The smallest absolute Gasteiger partial charge is 0.449 e. The largest absolute Gasteiger partial charge is 0.522 e. The summed E-state index contributed by atoms with van der Waals surface area (Å²) in [4.78, 5) is 12.0. The summed E-state index contributed by atoms with van der Waals surface area (Å²) in [6, 6.07) is 0. The molecule has 1 amide bonds. The van der Waals surface area contributed by atoms with Crippen LogP contribution in [0.2, 0.25) is 0 Å². The molecule has 29 heavy (non-hydrogen) atoms. The molecule has 1 aromatic rings.